The minimum Gasteiger partial charge on any atom is -0.464 e. The van der Waals surface area contributed by atoms with E-state index < -0.39 is 50.4 Å². The first-order valence-electron chi connectivity index (χ1n) is 13.7. The van der Waals surface area contributed by atoms with E-state index in [0.29, 0.717) is 5.52 Å². The van der Waals surface area contributed by atoms with E-state index in [1.165, 1.54) is 29.9 Å². The van der Waals surface area contributed by atoms with Crippen LogP contribution in [0.15, 0.2) is 53.9 Å². The van der Waals surface area contributed by atoms with Crippen LogP contribution in [0, 0.1) is 5.92 Å². The normalized spacial score (nSPS) is 23.9. The Labute approximate surface area is 247 Å². The minimum atomic E-state index is -4.45. The highest BCUT2D eigenvalue weighted by atomic mass is 31.2. The van der Waals surface area contributed by atoms with Gasteiger partial charge in [-0.15, -0.1) is 0 Å². The van der Waals surface area contributed by atoms with E-state index in [0.717, 1.165) is 12.8 Å². The van der Waals surface area contributed by atoms with Gasteiger partial charge in [0.15, 0.2) is 11.5 Å². The monoisotopic (exact) mass is 618 g/mol. The molecule has 0 saturated carbocycles. The smallest absolute Gasteiger partial charge is 0.459 e. The van der Waals surface area contributed by atoms with Gasteiger partial charge >= 0.3 is 13.7 Å². The molecule has 6 atom stereocenters. The number of anilines is 1. The van der Waals surface area contributed by atoms with E-state index in [1.54, 1.807) is 30.3 Å². The van der Waals surface area contributed by atoms with Gasteiger partial charge in [0.1, 0.15) is 41.9 Å². The molecule has 17 heteroatoms. The van der Waals surface area contributed by atoms with E-state index in [-0.39, 0.29) is 29.8 Å². The van der Waals surface area contributed by atoms with Crippen LogP contribution >= 0.6 is 7.75 Å². The van der Waals surface area contributed by atoms with Crippen molar-refractivity contribution in [3.05, 3.63) is 64.9 Å². The lowest BCUT2D eigenvalue weighted by Crippen LogP contribution is -2.45. The number of benzene rings is 1. The summed E-state index contributed by atoms with van der Waals surface area (Å²) in [6, 6.07) is 10.0. The number of nitrogens with zero attached hydrogens (tertiary/aromatic N) is 6. The van der Waals surface area contributed by atoms with Gasteiger partial charge < -0.3 is 29.9 Å². The van der Waals surface area contributed by atoms with Crippen LogP contribution in [-0.2, 0) is 23.4 Å². The van der Waals surface area contributed by atoms with Crippen molar-refractivity contribution in [1.82, 2.24) is 19.7 Å². The highest BCUT2D eigenvalue weighted by molar-refractivity contribution is 7.52. The number of nitrogen functional groups attached to an aromatic ring is 1. The Balaban J connectivity index is 1.58. The van der Waals surface area contributed by atoms with E-state index in [1.807, 2.05) is 13.8 Å². The van der Waals surface area contributed by atoms with Crippen LogP contribution in [0.5, 0.6) is 5.75 Å². The van der Waals surface area contributed by atoms with Gasteiger partial charge in [-0.2, -0.15) is 10.2 Å². The van der Waals surface area contributed by atoms with E-state index >= 15 is 0 Å². The number of fused-ring (bicyclic) bond motifs is 1. The van der Waals surface area contributed by atoms with Gasteiger partial charge in [0.05, 0.1) is 18.9 Å². The van der Waals surface area contributed by atoms with Crippen LogP contribution in [0.1, 0.15) is 45.4 Å². The van der Waals surface area contributed by atoms with Crippen molar-refractivity contribution in [2.24, 2.45) is 11.0 Å². The lowest BCUT2D eigenvalue weighted by atomic mass is 10.0. The Morgan fingerprint density at radius 3 is 2.67 bits per heavy atom. The summed E-state index contributed by atoms with van der Waals surface area (Å²) in [5.41, 5.74) is 13.7. The summed E-state index contributed by atoms with van der Waals surface area (Å²) in [5.74, 6) is -0.219. The fourth-order valence-electron chi connectivity index (χ4n) is 4.55. The average Bonchev–Trinajstić information content (AvgIpc) is 3.53. The van der Waals surface area contributed by atoms with Crippen molar-refractivity contribution in [1.29, 1.82) is 0 Å². The number of aliphatic hydroxyl groups is 2. The number of aromatic nitrogens is 3. The lowest BCUT2D eigenvalue weighted by Gasteiger charge is -2.29. The van der Waals surface area contributed by atoms with Crippen molar-refractivity contribution < 1.29 is 38.1 Å². The van der Waals surface area contributed by atoms with Crippen molar-refractivity contribution in [2.45, 2.75) is 63.7 Å². The van der Waals surface area contributed by atoms with Crippen LogP contribution in [0.25, 0.3) is 16.0 Å². The average molecular weight is 619 g/mol. The molecule has 16 nitrogen and oxygen atoms in total. The maximum absolute atomic E-state index is 14.0. The number of aliphatic hydroxyl groups excluding tert-OH is 2. The molecule has 1 aromatic carbocycles. The predicted octanol–water partition coefficient (Wildman–Crippen LogP) is 3.27. The zero-order valence-electron chi connectivity index (χ0n) is 23.9. The second-order valence-corrected chi connectivity index (χ2v) is 11.7. The Morgan fingerprint density at radius 2 is 2.00 bits per heavy atom. The molecule has 0 radical (unpaired) electrons. The summed E-state index contributed by atoms with van der Waals surface area (Å²) in [5, 5.41) is 32.3. The highest BCUT2D eigenvalue weighted by Gasteiger charge is 2.56. The molecule has 1 aliphatic heterocycles. The molecule has 2 aromatic heterocycles. The molecule has 1 fully saturated rings. The predicted molar refractivity (Wildman–Crippen MR) is 153 cm³/mol. The molecule has 5 N–H and O–H groups in total. The van der Waals surface area contributed by atoms with Crippen molar-refractivity contribution in [2.75, 3.05) is 18.9 Å². The molecule has 1 unspecified atom stereocenters. The van der Waals surface area contributed by atoms with Gasteiger partial charge in [-0.25, -0.2) is 14.1 Å². The minimum absolute atomic E-state index is 0.136. The van der Waals surface area contributed by atoms with Crippen molar-refractivity contribution in [3.8, 4) is 5.75 Å². The van der Waals surface area contributed by atoms with Crippen LogP contribution in [0.3, 0.4) is 0 Å². The van der Waals surface area contributed by atoms with Crippen LogP contribution in [-0.4, -0.2) is 68.0 Å². The van der Waals surface area contributed by atoms with Gasteiger partial charge in [-0.3, -0.25) is 9.32 Å². The number of rotatable bonds is 14. The standard InChI is InChI=1S/C26H35N8O8P/c1-4-17(5-2)13-39-25(37)16(3)31-43(38,42-18-9-7-6-8-10-18)40-14-26(32-33-28)23(36)21(35)22(41-26)19-11-12-20-24(27)29-15-30-34(19)20/h6-12,15-17,21-23,35-36H,4-5,13-14H2,1-3H3,(H,31,38)(H2,27,29,30)/t16-,21+,22+,23+,26-,43?/m1/s1. The number of ether oxygens (including phenoxy) is 2. The fraction of sp³-hybridized carbons (Fsp3) is 0.500. The Bertz CT molecular complexity index is 1500. The summed E-state index contributed by atoms with van der Waals surface area (Å²) >= 11 is 0. The molecule has 0 amide bonds. The first-order chi connectivity index (χ1) is 20.6. The maximum atomic E-state index is 14.0. The zero-order valence-corrected chi connectivity index (χ0v) is 24.8. The summed E-state index contributed by atoms with van der Waals surface area (Å²) in [6.07, 6.45) is -1.91. The third kappa shape index (κ3) is 7.08. The van der Waals surface area contributed by atoms with Crippen LogP contribution in [0.4, 0.5) is 5.82 Å². The molecule has 3 heterocycles. The summed E-state index contributed by atoms with van der Waals surface area (Å²) in [4.78, 5) is 19.4. The quantitative estimate of drug-likeness (QED) is 0.0671. The molecule has 4 rings (SSSR count). The molecule has 43 heavy (non-hydrogen) atoms. The Hall–Kier alpha value is -3.75. The first kappa shape index (κ1) is 32.2. The number of carbonyl (C=O) groups is 1. The molecule has 3 aromatic rings. The number of esters is 1. The molecule has 0 spiro atoms. The van der Waals surface area contributed by atoms with Crippen LogP contribution < -0.4 is 15.3 Å². The first-order valence-corrected chi connectivity index (χ1v) is 15.2. The molecule has 0 aliphatic carbocycles. The van der Waals surface area contributed by atoms with Gasteiger partial charge in [-0.05, 0) is 42.6 Å². The van der Waals surface area contributed by atoms with Crippen LogP contribution in [0.2, 0.25) is 0 Å². The Morgan fingerprint density at radius 1 is 1.28 bits per heavy atom. The summed E-state index contributed by atoms with van der Waals surface area (Å²) in [7, 11) is -4.45. The molecule has 1 saturated heterocycles. The number of para-hydroxylation sites is 1. The van der Waals surface area contributed by atoms with Crippen molar-refractivity contribution >= 4 is 25.1 Å². The molecular weight excluding hydrogens is 583 g/mol. The second kappa shape index (κ2) is 13.7. The molecular formula is C26H35N8O8P. The third-order valence-electron chi connectivity index (χ3n) is 7.17. The van der Waals surface area contributed by atoms with Gasteiger partial charge in [0.25, 0.3) is 0 Å². The number of hydrogen-bond acceptors (Lipinski definition) is 12. The lowest BCUT2D eigenvalue weighted by molar-refractivity contribution is -0.146. The highest BCUT2D eigenvalue weighted by Crippen LogP contribution is 2.49. The van der Waals surface area contributed by atoms with Gasteiger partial charge in [0, 0.05) is 4.91 Å². The zero-order chi connectivity index (χ0) is 31.2. The topological polar surface area (TPSA) is 229 Å². The van der Waals surface area contributed by atoms with E-state index in [4.69, 9.17) is 24.3 Å². The number of carbonyl (C=O) groups excluding carboxylic acids is 1. The SMILES string of the molecule is CCC(CC)COC(=O)[C@@H](C)NP(=O)(OC[C@@]1(N=[N+]=[N-])O[C@@H](c2ccc3c(N)ncnn23)[C@H](O)[C@@H]1O)Oc1ccccc1. The second-order valence-electron chi connectivity index (χ2n) is 10.0. The maximum Gasteiger partial charge on any atom is 0.459 e. The number of azide groups is 1. The Kier molecular flexibility index (Phi) is 10.2. The van der Waals surface area contributed by atoms with E-state index in [2.05, 4.69) is 25.2 Å². The summed E-state index contributed by atoms with van der Waals surface area (Å²) < 4.78 is 38.0. The molecule has 232 valence electrons. The number of nitrogens with two attached hydrogens (primary N) is 1. The fourth-order valence-corrected chi connectivity index (χ4v) is 6.06. The van der Waals surface area contributed by atoms with Crippen molar-refractivity contribution in [3.63, 3.8) is 0 Å². The summed E-state index contributed by atoms with van der Waals surface area (Å²) in [6.45, 7) is 4.74. The van der Waals surface area contributed by atoms with Gasteiger partial charge in [-0.1, -0.05) is 50.0 Å². The van der Waals surface area contributed by atoms with Gasteiger partial charge in [0.2, 0.25) is 0 Å². The number of nitrogens with one attached hydrogen (secondary N) is 1. The largest absolute Gasteiger partial charge is 0.464 e. The van der Waals surface area contributed by atoms with E-state index in [9.17, 15) is 25.1 Å². The molecule has 0 bridgehead atoms. The number of hydrogen-bond donors (Lipinski definition) is 4. The third-order valence-corrected chi connectivity index (χ3v) is 8.80. The molecule has 1 aliphatic rings.